The molecular formula is C20H25ClN2O4. The molecule has 7 heteroatoms. The van der Waals surface area contributed by atoms with E-state index in [0.717, 1.165) is 18.7 Å². The van der Waals surface area contributed by atoms with E-state index < -0.39 is 0 Å². The van der Waals surface area contributed by atoms with Gasteiger partial charge in [0.2, 0.25) is 5.91 Å². The number of methoxy groups -OCH3 is 2. The van der Waals surface area contributed by atoms with Crippen LogP contribution >= 0.6 is 11.6 Å². The van der Waals surface area contributed by atoms with Crippen molar-refractivity contribution in [1.29, 1.82) is 0 Å². The molecule has 0 saturated heterocycles. The van der Waals surface area contributed by atoms with Crippen LogP contribution in [-0.2, 0) is 4.79 Å². The molecule has 2 aromatic carbocycles. The summed E-state index contributed by atoms with van der Waals surface area (Å²) in [5, 5.41) is 3.25. The predicted octanol–water partition coefficient (Wildman–Crippen LogP) is 3.70. The summed E-state index contributed by atoms with van der Waals surface area (Å²) in [4.78, 5) is 14.3. The van der Waals surface area contributed by atoms with E-state index in [1.807, 2.05) is 42.3 Å². The highest BCUT2D eigenvalue weighted by atomic mass is 35.5. The van der Waals surface area contributed by atoms with Crippen molar-refractivity contribution in [3.05, 3.63) is 47.5 Å². The van der Waals surface area contributed by atoms with Crippen LogP contribution < -0.4 is 19.5 Å². The standard InChI is InChI=1S/C20H25ClN2O4/c1-23(10-7-11-27-15-8-5-4-6-9-15)14-20(24)22-17-13-18(25-2)16(21)12-19(17)26-3/h4-6,8-9,12-13H,7,10-11,14H2,1-3H3,(H,22,24). The summed E-state index contributed by atoms with van der Waals surface area (Å²) < 4.78 is 16.1. The zero-order chi connectivity index (χ0) is 19.6. The van der Waals surface area contributed by atoms with E-state index in [1.165, 1.54) is 14.2 Å². The molecule has 1 N–H and O–H groups in total. The molecule has 2 rings (SSSR count). The Morgan fingerprint density at radius 2 is 1.81 bits per heavy atom. The van der Waals surface area contributed by atoms with E-state index in [4.69, 9.17) is 25.8 Å². The minimum absolute atomic E-state index is 0.149. The number of anilines is 1. The lowest BCUT2D eigenvalue weighted by atomic mass is 10.2. The number of hydrogen-bond donors (Lipinski definition) is 1. The fourth-order valence-corrected chi connectivity index (χ4v) is 2.74. The van der Waals surface area contributed by atoms with Crippen LogP contribution in [0.15, 0.2) is 42.5 Å². The number of likely N-dealkylation sites (N-methyl/N-ethyl adjacent to an activating group) is 1. The van der Waals surface area contributed by atoms with Gasteiger partial charge in [-0.1, -0.05) is 29.8 Å². The molecule has 27 heavy (non-hydrogen) atoms. The second-order valence-electron chi connectivity index (χ2n) is 5.99. The Balaban J connectivity index is 1.79. The van der Waals surface area contributed by atoms with Crippen LogP contribution in [0.5, 0.6) is 17.2 Å². The Labute approximate surface area is 165 Å². The van der Waals surface area contributed by atoms with E-state index in [2.05, 4.69) is 5.32 Å². The van der Waals surface area contributed by atoms with Crippen LogP contribution in [0, 0.1) is 0 Å². The second kappa shape index (κ2) is 10.6. The normalized spacial score (nSPS) is 10.6. The van der Waals surface area contributed by atoms with E-state index in [9.17, 15) is 4.79 Å². The van der Waals surface area contributed by atoms with Crippen molar-refractivity contribution in [1.82, 2.24) is 4.90 Å². The van der Waals surface area contributed by atoms with Gasteiger partial charge in [0.15, 0.2) is 0 Å². The molecule has 0 unspecified atom stereocenters. The highest BCUT2D eigenvalue weighted by molar-refractivity contribution is 6.32. The Morgan fingerprint density at radius 3 is 2.48 bits per heavy atom. The van der Waals surface area contributed by atoms with E-state index >= 15 is 0 Å². The van der Waals surface area contributed by atoms with Gasteiger partial charge in [-0.25, -0.2) is 0 Å². The maximum atomic E-state index is 12.3. The number of nitrogens with zero attached hydrogens (tertiary/aromatic N) is 1. The highest BCUT2D eigenvalue weighted by Gasteiger charge is 2.13. The predicted molar refractivity (Wildman–Crippen MR) is 107 cm³/mol. The smallest absolute Gasteiger partial charge is 0.238 e. The summed E-state index contributed by atoms with van der Waals surface area (Å²) in [6, 6.07) is 12.9. The highest BCUT2D eigenvalue weighted by Crippen LogP contribution is 2.35. The third-order valence-electron chi connectivity index (χ3n) is 3.86. The Hall–Kier alpha value is -2.44. The van der Waals surface area contributed by atoms with Gasteiger partial charge in [-0.05, 0) is 25.6 Å². The van der Waals surface area contributed by atoms with Crippen LogP contribution in [0.4, 0.5) is 5.69 Å². The van der Waals surface area contributed by atoms with Gasteiger partial charge in [0.25, 0.3) is 0 Å². The number of halogens is 1. The van der Waals surface area contributed by atoms with Crippen LogP contribution in [0.2, 0.25) is 5.02 Å². The lowest BCUT2D eigenvalue weighted by Gasteiger charge is -2.18. The number of ether oxygens (including phenoxy) is 3. The molecule has 6 nitrogen and oxygen atoms in total. The number of hydrogen-bond acceptors (Lipinski definition) is 5. The SMILES string of the molecule is COc1cc(NC(=O)CN(C)CCCOc2ccccc2)c(OC)cc1Cl. The number of carbonyl (C=O) groups excluding carboxylic acids is 1. The number of benzene rings is 2. The Bertz CT molecular complexity index is 740. The first kappa shape index (κ1) is 20.9. The van der Waals surface area contributed by atoms with Crippen molar-refractivity contribution >= 4 is 23.2 Å². The van der Waals surface area contributed by atoms with Crippen molar-refractivity contribution in [2.45, 2.75) is 6.42 Å². The second-order valence-corrected chi connectivity index (χ2v) is 6.40. The first-order valence-corrected chi connectivity index (χ1v) is 8.99. The first-order valence-electron chi connectivity index (χ1n) is 8.61. The van der Waals surface area contributed by atoms with Gasteiger partial charge in [-0.15, -0.1) is 0 Å². The zero-order valence-corrected chi connectivity index (χ0v) is 16.6. The molecule has 0 atom stereocenters. The van der Waals surface area contributed by atoms with Crippen molar-refractivity contribution in [2.24, 2.45) is 0 Å². The molecule has 0 aliphatic rings. The third kappa shape index (κ3) is 6.66. The van der Waals surface area contributed by atoms with Crippen molar-refractivity contribution in [3.63, 3.8) is 0 Å². The number of rotatable bonds is 10. The molecule has 146 valence electrons. The molecule has 0 aliphatic heterocycles. The Morgan fingerprint density at radius 1 is 1.11 bits per heavy atom. The zero-order valence-electron chi connectivity index (χ0n) is 15.8. The Kier molecular flexibility index (Phi) is 8.23. The topological polar surface area (TPSA) is 60.0 Å². The van der Waals surface area contributed by atoms with Gasteiger partial charge in [0.05, 0.1) is 38.1 Å². The first-order chi connectivity index (χ1) is 13.0. The largest absolute Gasteiger partial charge is 0.495 e. The molecular weight excluding hydrogens is 368 g/mol. The number of amides is 1. The van der Waals surface area contributed by atoms with E-state index in [0.29, 0.717) is 28.8 Å². The summed E-state index contributed by atoms with van der Waals surface area (Å²) in [5.41, 5.74) is 0.518. The fraction of sp³-hybridized carbons (Fsp3) is 0.350. The molecule has 1 amide bonds. The number of carbonyl (C=O) groups is 1. The van der Waals surface area contributed by atoms with Gasteiger partial charge in [-0.2, -0.15) is 0 Å². The average molecular weight is 393 g/mol. The summed E-state index contributed by atoms with van der Waals surface area (Å²) in [6.07, 6.45) is 0.816. The molecule has 0 spiro atoms. The quantitative estimate of drug-likeness (QED) is 0.625. The average Bonchev–Trinajstić information content (AvgIpc) is 2.67. The lowest BCUT2D eigenvalue weighted by Crippen LogP contribution is -2.31. The summed E-state index contributed by atoms with van der Waals surface area (Å²) >= 11 is 6.08. The third-order valence-corrected chi connectivity index (χ3v) is 4.15. The molecule has 2 aromatic rings. The lowest BCUT2D eigenvalue weighted by molar-refractivity contribution is -0.117. The van der Waals surface area contributed by atoms with E-state index in [-0.39, 0.29) is 12.5 Å². The van der Waals surface area contributed by atoms with Gasteiger partial charge in [0, 0.05) is 18.7 Å². The van der Waals surface area contributed by atoms with Gasteiger partial charge in [0.1, 0.15) is 17.2 Å². The van der Waals surface area contributed by atoms with Gasteiger partial charge < -0.3 is 19.5 Å². The molecule has 0 aromatic heterocycles. The van der Waals surface area contributed by atoms with Gasteiger partial charge >= 0.3 is 0 Å². The van der Waals surface area contributed by atoms with Crippen LogP contribution in [-0.4, -0.2) is 51.8 Å². The fourth-order valence-electron chi connectivity index (χ4n) is 2.51. The van der Waals surface area contributed by atoms with Crippen LogP contribution in [0.1, 0.15) is 6.42 Å². The molecule has 0 saturated carbocycles. The van der Waals surface area contributed by atoms with Crippen molar-refractivity contribution < 1.29 is 19.0 Å². The monoisotopic (exact) mass is 392 g/mol. The molecule has 0 heterocycles. The minimum Gasteiger partial charge on any atom is -0.495 e. The number of para-hydroxylation sites is 1. The maximum absolute atomic E-state index is 12.3. The van der Waals surface area contributed by atoms with Crippen LogP contribution in [0.25, 0.3) is 0 Å². The molecule has 0 radical (unpaired) electrons. The molecule has 0 fully saturated rings. The molecule has 0 bridgehead atoms. The minimum atomic E-state index is -0.149. The summed E-state index contributed by atoms with van der Waals surface area (Å²) in [7, 11) is 4.93. The summed E-state index contributed by atoms with van der Waals surface area (Å²) in [5.74, 6) is 1.65. The number of nitrogens with one attached hydrogen (secondary N) is 1. The maximum Gasteiger partial charge on any atom is 0.238 e. The van der Waals surface area contributed by atoms with Crippen molar-refractivity contribution in [3.8, 4) is 17.2 Å². The van der Waals surface area contributed by atoms with Crippen LogP contribution in [0.3, 0.4) is 0 Å². The summed E-state index contributed by atoms with van der Waals surface area (Å²) in [6.45, 7) is 1.58. The van der Waals surface area contributed by atoms with E-state index in [1.54, 1.807) is 12.1 Å². The van der Waals surface area contributed by atoms with Gasteiger partial charge in [-0.3, -0.25) is 9.69 Å². The molecule has 0 aliphatic carbocycles. The van der Waals surface area contributed by atoms with Crippen molar-refractivity contribution in [2.75, 3.05) is 46.3 Å².